The van der Waals surface area contributed by atoms with Crippen molar-refractivity contribution in [2.24, 2.45) is 11.8 Å². The summed E-state index contributed by atoms with van der Waals surface area (Å²) in [5.74, 6) is 0.578. The average Bonchev–Trinajstić information content (AvgIpc) is 2.35. The van der Waals surface area contributed by atoms with Gasteiger partial charge in [0, 0.05) is 32.1 Å². The molecular weight excluding hydrogens is 256 g/mol. The summed E-state index contributed by atoms with van der Waals surface area (Å²) < 4.78 is 0. The van der Waals surface area contributed by atoms with Crippen LogP contribution in [0.15, 0.2) is 0 Å². The van der Waals surface area contributed by atoms with Crippen LogP contribution in [-0.4, -0.2) is 59.9 Å². The Labute approximate surface area is 121 Å². The first kappa shape index (κ1) is 15.7. The molecule has 116 valence electrons. The number of nitrogens with one attached hydrogen (secondary N) is 1. The molecule has 2 aliphatic rings. The largest absolute Gasteiger partial charge is 0.481 e. The van der Waals surface area contributed by atoms with Crippen molar-refractivity contribution in [2.45, 2.75) is 44.6 Å². The standard InChI is InChI=1S/C15H28N2O3/c18-7-6-17-10-13(4-5-15(19)20)8-14(11-17)16-9-12-2-1-3-12/h12-14,16,18H,1-11H2,(H,19,20). The highest BCUT2D eigenvalue weighted by Crippen LogP contribution is 2.26. The first-order chi connectivity index (χ1) is 9.67. The topological polar surface area (TPSA) is 72.8 Å². The second-order valence-electron chi connectivity index (χ2n) is 6.42. The van der Waals surface area contributed by atoms with Crippen LogP contribution in [0.2, 0.25) is 0 Å². The Bertz CT molecular complexity index is 307. The van der Waals surface area contributed by atoms with Gasteiger partial charge >= 0.3 is 5.97 Å². The number of hydrogen-bond acceptors (Lipinski definition) is 4. The van der Waals surface area contributed by atoms with Gasteiger partial charge in [-0.05, 0) is 44.1 Å². The molecule has 1 aliphatic carbocycles. The molecule has 3 N–H and O–H groups in total. The summed E-state index contributed by atoms with van der Waals surface area (Å²) in [5, 5.41) is 21.6. The number of β-amino-alcohol motifs (C(OH)–C–C–N with tert-alkyl or cyclic N) is 1. The molecule has 2 unspecified atom stereocenters. The summed E-state index contributed by atoms with van der Waals surface area (Å²) in [4.78, 5) is 13.0. The first-order valence-electron chi connectivity index (χ1n) is 7.95. The quantitative estimate of drug-likeness (QED) is 0.618. The van der Waals surface area contributed by atoms with Crippen LogP contribution in [0.1, 0.15) is 38.5 Å². The van der Waals surface area contributed by atoms with Gasteiger partial charge in [0.1, 0.15) is 0 Å². The average molecular weight is 284 g/mol. The molecule has 5 nitrogen and oxygen atoms in total. The van der Waals surface area contributed by atoms with Crippen LogP contribution < -0.4 is 5.32 Å². The van der Waals surface area contributed by atoms with E-state index >= 15 is 0 Å². The van der Waals surface area contributed by atoms with Gasteiger partial charge in [-0.25, -0.2) is 0 Å². The van der Waals surface area contributed by atoms with Gasteiger partial charge in [0.05, 0.1) is 6.61 Å². The van der Waals surface area contributed by atoms with Crippen molar-refractivity contribution in [3.8, 4) is 0 Å². The first-order valence-corrected chi connectivity index (χ1v) is 7.95. The van der Waals surface area contributed by atoms with E-state index in [0.717, 1.165) is 38.4 Å². The van der Waals surface area contributed by atoms with Crippen molar-refractivity contribution in [3.05, 3.63) is 0 Å². The molecule has 0 aromatic heterocycles. The Hall–Kier alpha value is -0.650. The van der Waals surface area contributed by atoms with Crippen molar-refractivity contribution >= 4 is 5.97 Å². The van der Waals surface area contributed by atoms with Crippen molar-refractivity contribution in [3.63, 3.8) is 0 Å². The van der Waals surface area contributed by atoms with E-state index < -0.39 is 5.97 Å². The van der Waals surface area contributed by atoms with E-state index in [4.69, 9.17) is 10.2 Å². The van der Waals surface area contributed by atoms with E-state index in [1.165, 1.54) is 19.3 Å². The van der Waals surface area contributed by atoms with Gasteiger partial charge in [0.15, 0.2) is 0 Å². The van der Waals surface area contributed by atoms with Crippen LogP contribution in [0.3, 0.4) is 0 Å². The Balaban J connectivity index is 1.77. The maximum Gasteiger partial charge on any atom is 0.303 e. The number of aliphatic hydroxyl groups is 1. The Morgan fingerprint density at radius 1 is 1.25 bits per heavy atom. The van der Waals surface area contributed by atoms with Gasteiger partial charge < -0.3 is 15.5 Å². The molecule has 0 bridgehead atoms. The molecule has 0 aromatic rings. The predicted molar refractivity (Wildman–Crippen MR) is 77.6 cm³/mol. The Kier molecular flexibility index (Phi) is 6.26. The molecule has 1 saturated heterocycles. The van der Waals surface area contributed by atoms with Gasteiger partial charge in [0.25, 0.3) is 0 Å². The highest BCUT2D eigenvalue weighted by atomic mass is 16.4. The third kappa shape index (κ3) is 5.04. The molecule has 1 aliphatic heterocycles. The molecule has 2 fully saturated rings. The van der Waals surface area contributed by atoms with Crippen molar-refractivity contribution in [1.29, 1.82) is 0 Å². The number of piperidine rings is 1. The predicted octanol–water partition coefficient (Wildman–Crippen LogP) is 0.924. The third-order valence-corrected chi connectivity index (χ3v) is 4.72. The number of aliphatic carboxylic acids is 1. The third-order valence-electron chi connectivity index (χ3n) is 4.72. The zero-order chi connectivity index (χ0) is 14.4. The molecule has 20 heavy (non-hydrogen) atoms. The number of carboxylic acid groups (broad SMARTS) is 1. The normalized spacial score (nSPS) is 28.2. The van der Waals surface area contributed by atoms with E-state index in [9.17, 15) is 4.79 Å². The van der Waals surface area contributed by atoms with Gasteiger partial charge in [-0.1, -0.05) is 6.42 Å². The van der Waals surface area contributed by atoms with Crippen LogP contribution >= 0.6 is 0 Å². The second-order valence-corrected chi connectivity index (χ2v) is 6.42. The minimum absolute atomic E-state index is 0.182. The number of hydrogen-bond donors (Lipinski definition) is 3. The number of likely N-dealkylation sites (tertiary alicyclic amines) is 1. The van der Waals surface area contributed by atoms with E-state index in [2.05, 4.69) is 10.2 Å². The number of carbonyl (C=O) groups is 1. The van der Waals surface area contributed by atoms with Crippen molar-refractivity contribution < 1.29 is 15.0 Å². The zero-order valence-corrected chi connectivity index (χ0v) is 12.3. The molecule has 2 rings (SSSR count). The van der Waals surface area contributed by atoms with Crippen LogP contribution in [0.4, 0.5) is 0 Å². The lowest BCUT2D eigenvalue weighted by Crippen LogP contribution is -2.51. The van der Waals surface area contributed by atoms with E-state index in [1.807, 2.05) is 0 Å². The zero-order valence-electron chi connectivity index (χ0n) is 12.3. The lowest BCUT2D eigenvalue weighted by atomic mass is 9.84. The lowest BCUT2D eigenvalue weighted by Gasteiger charge is -2.39. The fourth-order valence-corrected chi connectivity index (χ4v) is 3.34. The van der Waals surface area contributed by atoms with Crippen molar-refractivity contribution in [1.82, 2.24) is 10.2 Å². The Morgan fingerprint density at radius 3 is 2.65 bits per heavy atom. The summed E-state index contributed by atoms with van der Waals surface area (Å²) in [7, 11) is 0. The van der Waals surface area contributed by atoms with E-state index in [0.29, 0.717) is 18.5 Å². The minimum atomic E-state index is -0.705. The fraction of sp³-hybridized carbons (Fsp3) is 0.933. The fourth-order valence-electron chi connectivity index (χ4n) is 3.34. The second kappa shape index (κ2) is 7.96. The minimum Gasteiger partial charge on any atom is -0.481 e. The number of aliphatic hydroxyl groups excluding tert-OH is 1. The molecule has 2 atom stereocenters. The van der Waals surface area contributed by atoms with Gasteiger partial charge in [-0.2, -0.15) is 0 Å². The summed E-state index contributed by atoms with van der Waals surface area (Å²) in [6.45, 7) is 3.89. The van der Waals surface area contributed by atoms with Crippen LogP contribution in [0.25, 0.3) is 0 Å². The number of carboxylic acids is 1. The molecule has 0 spiro atoms. The summed E-state index contributed by atoms with van der Waals surface area (Å²) >= 11 is 0. The van der Waals surface area contributed by atoms with E-state index in [1.54, 1.807) is 0 Å². The molecule has 1 saturated carbocycles. The van der Waals surface area contributed by atoms with E-state index in [-0.39, 0.29) is 13.0 Å². The maximum atomic E-state index is 10.7. The summed E-state index contributed by atoms with van der Waals surface area (Å²) in [6, 6.07) is 0.453. The van der Waals surface area contributed by atoms with Crippen molar-refractivity contribution in [2.75, 3.05) is 32.8 Å². The molecule has 0 aromatic carbocycles. The molecular formula is C15H28N2O3. The Morgan fingerprint density at radius 2 is 2.05 bits per heavy atom. The van der Waals surface area contributed by atoms with Gasteiger partial charge in [-0.15, -0.1) is 0 Å². The summed E-state index contributed by atoms with van der Waals surface area (Å²) in [6.07, 6.45) is 6.15. The molecule has 1 heterocycles. The smallest absolute Gasteiger partial charge is 0.303 e. The number of rotatable bonds is 8. The summed E-state index contributed by atoms with van der Waals surface area (Å²) in [5.41, 5.74) is 0. The number of nitrogens with zero attached hydrogens (tertiary/aromatic N) is 1. The molecule has 5 heteroatoms. The van der Waals surface area contributed by atoms with Gasteiger partial charge in [-0.3, -0.25) is 9.69 Å². The molecule has 0 radical (unpaired) electrons. The lowest BCUT2D eigenvalue weighted by molar-refractivity contribution is -0.137. The maximum absolute atomic E-state index is 10.7. The van der Waals surface area contributed by atoms with Crippen LogP contribution in [-0.2, 0) is 4.79 Å². The SMILES string of the molecule is O=C(O)CCC1CC(NCC2CCC2)CN(CCO)C1. The van der Waals surface area contributed by atoms with Gasteiger partial charge in [0.2, 0.25) is 0 Å². The highest BCUT2D eigenvalue weighted by Gasteiger charge is 2.28. The van der Waals surface area contributed by atoms with Crippen LogP contribution in [0, 0.1) is 11.8 Å². The highest BCUT2D eigenvalue weighted by molar-refractivity contribution is 5.66. The molecule has 0 amide bonds. The monoisotopic (exact) mass is 284 g/mol. The van der Waals surface area contributed by atoms with Crippen LogP contribution in [0.5, 0.6) is 0 Å².